The molecular formula is C15H14N2O4-2. The number of anilines is 2. The second-order valence-corrected chi connectivity index (χ2v) is 4.49. The highest BCUT2D eigenvalue weighted by molar-refractivity contribution is 5.80. The van der Waals surface area contributed by atoms with Gasteiger partial charge in [0.2, 0.25) is 0 Å². The summed E-state index contributed by atoms with van der Waals surface area (Å²) in [4.78, 5) is 0. The molecule has 0 atom stereocenters. The van der Waals surface area contributed by atoms with Gasteiger partial charge in [-0.3, -0.25) is 10.4 Å². The van der Waals surface area contributed by atoms with Crippen LogP contribution < -0.4 is 10.5 Å². The third-order valence-corrected chi connectivity index (χ3v) is 3.01. The maximum atomic E-state index is 11.1. The molecule has 0 aliphatic carbocycles. The topological polar surface area (TPSA) is 93.1 Å². The minimum Gasteiger partial charge on any atom is -0.769 e. The molecular weight excluding hydrogens is 272 g/mol. The Morgan fingerprint density at radius 2 is 1.62 bits per heavy atom. The first-order chi connectivity index (χ1) is 9.99. The number of rotatable bonds is 4. The molecule has 21 heavy (non-hydrogen) atoms. The molecule has 0 heterocycles. The maximum absolute atomic E-state index is 11.1. The van der Waals surface area contributed by atoms with Gasteiger partial charge < -0.3 is 15.6 Å². The lowest BCUT2D eigenvalue weighted by molar-refractivity contribution is 0.0288. The summed E-state index contributed by atoms with van der Waals surface area (Å²) in [7, 11) is 0. The molecule has 0 fully saturated rings. The van der Waals surface area contributed by atoms with Crippen LogP contribution in [-0.4, -0.2) is 10.4 Å². The van der Waals surface area contributed by atoms with Crippen LogP contribution in [0.3, 0.4) is 0 Å². The minimum absolute atomic E-state index is 0.0291. The Labute approximate surface area is 121 Å². The third kappa shape index (κ3) is 3.59. The van der Waals surface area contributed by atoms with E-state index in [0.717, 1.165) is 11.6 Å². The van der Waals surface area contributed by atoms with E-state index in [9.17, 15) is 10.4 Å². The highest BCUT2D eigenvalue weighted by Crippen LogP contribution is 2.30. The van der Waals surface area contributed by atoms with Gasteiger partial charge in [-0.25, -0.2) is 0 Å². The molecule has 6 nitrogen and oxygen atoms in total. The molecule has 2 rings (SSSR count). The molecule has 0 radical (unpaired) electrons. The summed E-state index contributed by atoms with van der Waals surface area (Å²) in [6, 6.07) is 12.1. The number of benzene rings is 2. The first-order valence-electron chi connectivity index (χ1n) is 6.19. The number of hydrogen-bond acceptors (Lipinski definition) is 6. The van der Waals surface area contributed by atoms with Gasteiger partial charge in [0.15, 0.2) is 0 Å². The number of aryl methyl sites for hydroxylation is 1. The van der Waals surface area contributed by atoms with Crippen LogP contribution in [0.15, 0.2) is 42.5 Å². The smallest absolute Gasteiger partial charge is 0.0992 e. The first kappa shape index (κ1) is 15.0. The van der Waals surface area contributed by atoms with E-state index < -0.39 is 5.23 Å². The van der Waals surface area contributed by atoms with E-state index >= 15 is 0 Å². The Hall–Kier alpha value is -2.38. The summed E-state index contributed by atoms with van der Waals surface area (Å²) in [6.45, 7) is 1.64. The zero-order chi connectivity index (χ0) is 15.4. The van der Waals surface area contributed by atoms with E-state index in [1.54, 1.807) is 19.1 Å². The Morgan fingerprint density at radius 1 is 0.952 bits per heavy atom. The van der Waals surface area contributed by atoms with Crippen LogP contribution in [0.1, 0.15) is 16.7 Å². The minimum atomic E-state index is -0.558. The van der Waals surface area contributed by atoms with Gasteiger partial charge in [-0.15, -0.1) is 5.23 Å². The summed E-state index contributed by atoms with van der Waals surface area (Å²) < 4.78 is 0. The van der Waals surface area contributed by atoms with Crippen LogP contribution in [0.25, 0.3) is 12.2 Å². The van der Waals surface area contributed by atoms with Gasteiger partial charge in [0.05, 0.1) is 5.69 Å². The molecule has 0 spiro atoms. The van der Waals surface area contributed by atoms with Crippen LogP contribution in [0, 0.1) is 17.3 Å². The standard InChI is InChI=1S/C15H14N2O4/c1-11-9-13(8-7-12-5-3-2-4-6-12)15(17(20)21)10-14(11)16(18)19/h2-10,18-19H,1H3/q-2. The van der Waals surface area contributed by atoms with Gasteiger partial charge in [0.1, 0.15) is 0 Å². The summed E-state index contributed by atoms with van der Waals surface area (Å²) in [5.41, 5.74) is 1.60. The number of nitrogens with zero attached hydrogens (tertiary/aromatic N) is 2. The largest absolute Gasteiger partial charge is 0.769 e. The van der Waals surface area contributed by atoms with Crippen molar-refractivity contribution in [3.05, 3.63) is 69.6 Å². The number of hydrogen-bond donors (Lipinski definition) is 2. The summed E-state index contributed by atoms with van der Waals surface area (Å²) >= 11 is 0. The van der Waals surface area contributed by atoms with E-state index in [1.807, 2.05) is 30.3 Å². The van der Waals surface area contributed by atoms with E-state index in [0.29, 0.717) is 11.1 Å². The monoisotopic (exact) mass is 286 g/mol. The van der Waals surface area contributed by atoms with Gasteiger partial charge in [-0.2, -0.15) is 0 Å². The lowest BCUT2D eigenvalue weighted by Crippen LogP contribution is -2.14. The second kappa shape index (κ2) is 6.38. The lowest BCUT2D eigenvalue weighted by atomic mass is 10.1. The fraction of sp³-hybridized carbons (Fsp3) is 0.0667. The molecule has 0 unspecified atom stereocenters. The Morgan fingerprint density at radius 3 is 2.19 bits per heavy atom. The average molecular weight is 286 g/mol. The molecule has 6 heteroatoms. The van der Waals surface area contributed by atoms with E-state index in [-0.39, 0.29) is 16.6 Å². The van der Waals surface area contributed by atoms with Crippen LogP contribution >= 0.6 is 0 Å². The van der Waals surface area contributed by atoms with Crippen molar-refractivity contribution in [1.82, 2.24) is 0 Å². The van der Waals surface area contributed by atoms with Crippen LogP contribution in [0.2, 0.25) is 0 Å². The maximum Gasteiger partial charge on any atom is 0.0992 e. The highest BCUT2D eigenvalue weighted by Gasteiger charge is 2.08. The normalized spacial score (nSPS) is 10.9. The molecule has 2 aromatic rings. The molecule has 0 saturated carbocycles. The van der Waals surface area contributed by atoms with Crippen molar-refractivity contribution in [3.8, 4) is 0 Å². The molecule has 110 valence electrons. The fourth-order valence-corrected chi connectivity index (χ4v) is 1.97. The van der Waals surface area contributed by atoms with Crippen molar-refractivity contribution < 1.29 is 10.4 Å². The van der Waals surface area contributed by atoms with Gasteiger partial charge in [0.25, 0.3) is 0 Å². The van der Waals surface area contributed by atoms with E-state index in [2.05, 4.69) is 0 Å². The average Bonchev–Trinajstić information content (AvgIpc) is 2.45. The molecule has 2 N–H and O–H groups in total. The second-order valence-electron chi connectivity index (χ2n) is 4.49. The fourth-order valence-electron chi connectivity index (χ4n) is 1.97. The summed E-state index contributed by atoms with van der Waals surface area (Å²) in [6.07, 6.45) is 3.39. The SMILES string of the molecule is Cc1cc(C=Cc2ccccc2)c(N([O-])[O-])cc1N(O)O. The Bertz CT molecular complexity index is 640. The van der Waals surface area contributed by atoms with Gasteiger partial charge in [-0.1, -0.05) is 42.5 Å². The summed E-state index contributed by atoms with van der Waals surface area (Å²) in [5.74, 6) is 0. The van der Waals surface area contributed by atoms with Gasteiger partial charge in [-0.05, 0) is 35.7 Å². The Kier molecular flexibility index (Phi) is 4.56. The van der Waals surface area contributed by atoms with E-state index in [4.69, 9.17) is 10.4 Å². The van der Waals surface area contributed by atoms with Crippen LogP contribution in [0.4, 0.5) is 11.4 Å². The van der Waals surface area contributed by atoms with Crippen LogP contribution in [0.5, 0.6) is 0 Å². The third-order valence-electron chi connectivity index (χ3n) is 3.01. The van der Waals surface area contributed by atoms with Crippen molar-refractivity contribution in [2.45, 2.75) is 6.92 Å². The van der Waals surface area contributed by atoms with Gasteiger partial charge >= 0.3 is 0 Å². The Balaban J connectivity index is 2.43. The summed E-state index contributed by atoms with van der Waals surface area (Å²) in [5, 5.41) is 39.7. The molecule has 0 aliphatic rings. The predicted octanol–water partition coefficient (Wildman–Crippen LogP) is 3.55. The van der Waals surface area contributed by atoms with Gasteiger partial charge in [0, 0.05) is 5.69 Å². The molecule has 0 aliphatic heterocycles. The van der Waals surface area contributed by atoms with Crippen molar-refractivity contribution >= 4 is 23.5 Å². The van der Waals surface area contributed by atoms with Crippen molar-refractivity contribution in [1.29, 1.82) is 0 Å². The van der Waals surface area contributed by atoms with Crippen molar-refractivity contribution in [2.24, 2.45) is 0 Å². The molecule has 2 aromatic carbocycles. The van der Waals surface area contributed by atoms with Crippen molar-refractivity contribution in [2.75, 3.05) is 10.5 Å². The predicted molar refractivity (Wildman–Crippen MR) is 81.8 cm³/mol. The van der Waals surface area contributed by atoms with Crippen molar-refractivity contribution in [3.63, 3.8) is 0 Å². The van der Waals surface area contributed by atoms with Crippen LogP contribution in [-0.2, 0) is 0 Å². The quantitative estimate of drug-likeness (QED) is 0.659. The molecule has 0 saturated heterocycles. The highest BCUT2D eigenvalue weighted by atomic mass is 16.8. The van der Waals surface area contributed by atoms with E-state index in [1.165, 1.54) is 6.07 Å². The molecule has 0 aromatic heterocycles. The zero-order valence-electron chi connectivity index (χ0n) is 11.3. The molecule has 0 amide bonds. The molecule has 0 bridgehead atoms. The first-order valence-corrected chi connectivity index (χ1v) is 6.19. The lowest BCUT2D eigenvalue weighted by Gasteiger charge is -2.39. The zero-order valence-corrected chi connectivity index (χ0v) is 11.3.